The molecule has 5 atom stereocenters. The number of rotatable bonds is 10. The molecular weight excluding hydrogens is 746 g/mol. The second kappa shape index (κ2) is 13.7. The van der Waals surface area contributed by atoms with Gasteiger partial charge < -0.3 is 10.4 Å². The Balaban J connectivity index is 1.32. The first kappa shape index (κ1) is 37.4. The molecule has 1 amide bonds. The molecule has 3 unspecified atom stereocenters. The van der Waals surface area contributed by atoms with Gasteiger partial charge in [0.05, 0.1) is 27.3 Å². The molecule has 282 valence electrons. The summed E-state index contributed by atoms with van der Waals surface area (Å²) >= 11 is 6.68. The fourth-order valence-electron chi connectivity index (χ4n) is 7.44. The van der Waals surface area contributed by atoms with E-state index < -0.39 is 57.7 Å². The summed E-state index contributed by atoms with van der Waals surface area (Å²) in [5, 5.41) is 22.3. The fourth-order valence-corrected chi connectivity index (χ4v) is 8.23. The summed E-state index contributed by atoms with van der Waals surface area (Å²) in [6.45, 7) is 2.55. The van der Waals surface area contributed by atoms with Crippen molar-refractivity contribution in [2.24, 2.45) is 13.0 Å². The van der Waals surface area contributed by atoms with Crippen LogP contribution in [0.25, 0.3) is 22.0 Å². The Kier molecular flexibility index (Phi) is 9.52. The predicted octanol–water partition coefficient (Wildman–Crippen LogP) is 5.83. The number of pyridine rings is 1. The van der Waals surface area contributed by atoms with Gasteiger partial charge >= 0.3 is 0 Å². The first-order valence-corrected chi connectivity index (χ1v) is 19.6. The minimum Gasteiger partial charge on any atom is -0.381 e. The third kappa shape index (κ3) is 7.17. The van der Waals surface area contributed by atoms with Gasteiger partial charge in [-0.2, -0.15) is 19.0 Å². The van der Waals surface area contributed by atoms with Gasteiger partial charge in [0.2, 0.25) is 5.91 Å². The molecule has 3 aromatic heterocycles. The van der Waals surface area contributed by atoms with E-state index in [4.69, 9.17) is 16.6 Å². The van der Waals surface area contributed by atoms with Crippen molar-refractivity contribution in [1.82, 2.24) is 29.9 Å². The van der Waals surface area contributed by atoms with Crippen molar-refractivity contribution in [2.75, 3.05) is 17.5 Å². The van der Waals surface area contributed by atoms with Gasteiger partial charge in [0.25, 0.3) is 5.92 Å². The maximum absolute atomic E-state index is 15.2. The SMILES string of the molecule is C=S(C)(=O)Nc1nn(C)c2c(-c3ccc(C#CC(C)O)nc3C(CNC(=O)Cn3nc(C)c4c3C(F)(F)[C@@H]3C[C@H]43)Cc3cc(F)cc(F)c3)ccc(Cl)c12. The third-order valence-corrected chi connectivity index (χ3v) is 10.6. The van der Waals surface area contributed by atoms with Crippen LogP contribution in [0.4, 0.5) is 23.4 Å². The molecule has 2 aliphatic rings. The zero-order valence-electron chi connectivity index (χ0n) is 29.7. The van der Waals surface area contributed by atoms with Gasteiger partial charge in [-0.05, 0) is 80.3 Å². The maximum Gasteiger partial charge on any atom is 0.293 e. The predicted molar refractivity (Wildman–Crippen MR) is 200 cm³/mol. The van der Waals surface area contributed by atoms with Gasteiger partial charge in [-0.1, -0.05) is 23.6 Å². The first-order valence-electron chi connectivity index (χ1n) is 17.0. The first-order chi connectivity index (χ1) is 25.4. The van der Waals surface area contributed by atoms with E-state index in [9.17, 15) is 22.9 Å². The van der Waals surface area contributed by atoms with Crippen molar-refractivity contribution in [3.63, 3.8) is 0 Å². The van der Waals surface area contributed by atoms with E-state index in [2.05, 4.69) is 37.9 Å². The molecule has 1 saturated carbocycles. The second-order valence-electron chi connectivity index (χ2n) is 14.0. The fraction of sp³-hybridized carbons (Fsp3) is 0.342. The summed E-state index contributed by atoms with van der Waals surface area (Å²) in [4.78, 5) is 18.4. The molecular formula is C38H36ClF4N7O3S. The highest BCUT2D eigenvalue weighted by Gasteiger charge is 2.66. The Morgan fingerprint density at radius 2 is 1.87 bits per heavy atom. The summed E-state index contributed by atoms with van der Waals surface area (Å²) in [6.07, 6.45) is 0.823. The summed E-state index contributed by atoms with van der Waals surface area (Å²) < 4.78 is 77.6. The highest BCUT2D eigenvalue weighted by atomic mass is 35.5. The number of nitrogens with zero attached hydrogens (tertiary/aromatic N) is 5. The van der Waals surface area contributed by atoms with E-state index in [1.54, 1.807) is 42.9 Å². The molecule has 0 bridgehead atoms. The smallest absolute Gasteiger partial charge is 0.293 e. The van der Waals surface area contributed by atoms with Crippen LogP contribution in [-0.2, 0) is 40.4 Å². The number of alkyl halides is 2. The number of amides is 1. The molecule has 3 heterocycles. The minimum atomic E-state index is -3.09. The quantitative estimate of drug-likeness (QED) is 0.0931. The zero-order chi connectivity index (χ0) is 38.9. The molecule has 0 aliphatic heterocycles. The minimum absolute atomic E-state index is 0.0196. The number of aryl methyl sites for hydroxylation is 2. The second-order valence-corrected chi connectivity index (χ2v) is 16.7. The van der Waals surface area contributed by atoms with Crippen LogP contribution in [0.2, 0.25) is 5.02 Å². The molecule has 5 aromatic rings. The number of nitrogens with one attached hydrogen (secondary N) is 2. The number of hydrogen-bond donors (Lipinski definition) is 3. The molecule has 10 nitrogen and oxygen atoms in total. The van der Waals surface area contributed by atoms with Gasteiger partial charge in [-0.15, -0.1) is 0 Å². The van der Waals surface area contributed by atoms with E-state index in [0.29, 0.717) is 50.4 Å². The van der Waals surface area contributed by atoms with Crippen LogP contribution in [0.15, 0.2) is 42.5 Å². The van der Waals surface area contributed by atoms with Crippen molar-refractivity contribution in [3.05, 3.63) is 93.0 Å². The maximum atomic E-state index is 15.2. The molecule has 0 spiro atoms. The number of aliphatic hydroxyl groups excluding tert-OH is 1. The van der Waals surface area contributed by atoms with Crippen LogP contribution in [-0.4, -0.2) is 64.5 Å². The third-order valence-electron chi connectivity index (χ3n) is 9.62. The van der Waals surface area contributed by atoms with Crippen LogP contribution in [0.5, 0.6) is 0 Å². The Morgan fingerprint density at radius 1 is 1.17 bits per heavy atom. The van der Waals surface area contributed by atoms with Crippen molar-refractivity contribution >= 4 is 49.8 Å². The highest BCUT2D eigenvalue weighted by Crippen LogP contribution is 2.67. The van der Waals surface area contributed by atoms with E-state index in [1.165, 1.54) is 25.3 Å². The van der Waals surface area contributed by atoms with Crippen LogP contribution >= 0.6 is 11.6 Å². The summed E-state index contributed by atoms with van der Waals surface area (Å²) in [5.74, 6) is 2.29. The number of aromatic nitrogens is 5. The van der Waals surface area contributed by atoms with E-state index in [0.717, 1.165) is 10.7 Å². The van der Waals surface area contributed by atoms with Gasteiger partial charge in [0.1, 0.15) is 35.7 Å². The van der Waals surface area contributed by atoms with E-state index in [-0.39, 0.29) is 41.7 Å². The molecule has 2 aliphatic carbocycles. The van der Waals surface area contributed by atoms with E-state index >= 15 is 8.78 Å². The molecule has 16 heteroatoms. The van der Waals surface area contributed by atoms with Crippen molar-refractivity contribution in [1.29, 1.82) is 0 Å². The van der Waals surface area contributed by atoms with Crippen LogP contribution in [0, 0.1) is 36.3 Å². The molecule has 2 aromatic carbocycles. The van der Waals surface area contributed by atoms with E-state index in [1.807, 2.05) is 0 Å². The lowest BCUT2D eigenvalue weighted by molar-refractivity contribution is -0.122. The Labute approximate surface area is 314 Å². The molecule has 0 radical (unpaired) electrons. The number of benzene rings is 2. The summed E-state index contributed by atoms with van der Waals surface area (Å²) in [6, 6.07) is 9.87. The van der Waals surface area contributed by atoms with Crippen LogP contribution in [0.3, 0.4) is 0 Å². The number of fused-ring (bicyclic) bond motifs is 4. The van der Waals surface area contributed by atoms with Crippen LogP contribution in [0.1, 0.15) is 59.1 Å². The average Bonchev–Trinajstić information content (AvgIpc) is 3.64. The lowest BCUT2D eigenvalue weighted by atomic mass is 9.89. The lowest BCUT2D eigenvalue weighted by Gasteiger charge is -2.22. The average molecular weight is 782 g/mol. The van der Waals surface area contributed by atoms with Crippen molar-refractivity contribution in [2.45, 2.75) is 57.1 Å². The highest BCUT2D eigenvalue weighted by molar-refractivity contribution is 8.00. The Morgan fingerprint density at radius 3 is 2.56 bits per heavy atom. The van der Waals surface area contributed by atoms with Gasteiger partial charge in [0.15, 0.2) is 5.82 Å². The summed E-state index contributed by atoms with van der Waals surface area (Å²) in [7, 11) is -1.08. The van der Waals surface area contributed by atoms with Crippen molar-refractivity contribution in [3.8, 4) is 23.0 Å². The number of carbonyl (C=O) groups excluding carboxylic acids is 1. The Hall–Kier alpha value is -4.91. The molecule has 0 saturated heterocycles. The van der Waals surface area contributed by atoms with Crippen molar-refractivity contribution < 1.29 is 31.7 Å². The number of carbonyl (C=O) groups is 1. The number of anilines is 1. The normalized spacial score (nSPS) is 18.9. The lowest BCUT2D eigenvalue weighted by Crippen LogP contribution is -2.34. The number of halogens is 5. The number of hydrogen-bond acceptors (Lipinski definition) is 6. The monoisotopic (exact) mass is 781 g/mol. The van der Waals surface area contributed by atoms with Crippen LogP contribution < -0.4 is 10.0 Å². The zero-order valence-corrected chi connectivity index (χ0v) is 31.3. The number of aliphatic hydroxyl groups is 1. The standard InChI is InChI=1S/C38H36ClF4N7O3S/c1-19(51)6-7-25-8-9-26(27-10-11-30(39)33-35(27)49(3)47-37(33)48-54(4,5)53)34(45-25)22(12-21-13-23(40)15-24(41)14-21)17-44-31(52)18-50-36-32(20(2)46-50)28-16-29(28)38(36,42)43/h8-11,13-15,19,22,28-29,51H,4,12,16-18H2,1-3,5H3,(H,44,52)(H,47,48,53)/t19?,22?,28-,29+,54?/m0/s1. The molecule has 54 heavy (non-hydrogen) atoms. The topological polar surface area (TPSA) is 127 Å². The summed E-state index contributed by atoms with van der Waals surface area (Å²) in [5.41, 5.74) is 3.26. The molecule has 7 rings (SSSR count). The Bertz CT molecular complexity index is 2500. The molecule has 3 N–H and O–H groups in total. The largest absolute Gasteiger partial charge is 0.381 e. The molecule has 1 fully saturated rings. The van der Waals surface area contributed by atoms with Gasteiger partial charge in [0, 0.05) is 64.1 Å². The van der Waals surface area contributed by atoms with Gasteiger partial charge in [-0.25, -0.2) is 18.0 Å². The van der Waals surface area contributed by atoms with Gasteiger partial charge in [-0.3, -0.25) is 18.9 Å².